The van der Waals surface area contributed by atoms with E-state index in [9.17, 15) is 9.59 Å². The van der Waals surface area contributed by atoms with E-state index < -0.39 is 0 Å². The first-order valence-electron chi connectivity index (χ1n) is 10.1. The van der Waals surface area contributed by atoms with Crippen LogP contribution < -0.4 is 0 Å². The molecule has 3 aliphatic rings. The fourth-order valence-electron chi connectivity index (χ4n) is 5.13. The van der Waals surface area contributed by atoms with E-state index >= 15 is 0 Å². The van der Waals surface area contributed by atoms with E-state index in [4.69, 9.17) is 0 Å². The third kappa shape index (κ3) is 3.65. The Morgan fingerprint density at radius 3 is 1.96 bits per heavy atom. The van der Waals surface area contributed by atoms with Crippen molar-refractivity contribution >= 4 is 11.7 Å². The first-order valence-corrected chi connectivity index (χ1v) is 10.1. The van der Waals surface area contributed by atoms with Gasteiger partial charge in [-0.25, -0.2) is 0 Å². The Morgan fingerprint density at radius 2 is 1.52 bits per heavy atom. The van der Waals surface area contributed by atoms with E-state index in [1.165, 1.54) is 0 Å². The van der Waals surface area contributed by atoms with Crippen LogP contribution in [0.3, 0.4) is 0 Å². The highest BCUT2D eigenvalue weighted by Gasteiger charge is 2.51. The van der Waals surface area contributed by atoms with Crippen LogP contribution in [0, 0.1) is 23.2 Å². The lowest BCUT2D eigenvalue weighted by Gasteiger charge is -2.42. The van der Waals surface area contributed by atoms with Gasteiger partial charge >= 0.3 is 0 Å². The molecule has 3 unspecified atom stereocenters. The van der Waals surface area contributed by atoms with Crippen molar-refractivity contribution in [1.29, 1.82) is 0 Å². The van der Waals surface area contributed by atoms with E-state index in [2.05, 4.69) is 30.6 Å². The van der Waals surface area contributed by atoms with Crippen molar-refractivity contribution in [2.24, 2.45) is 23.2 Å². The normalized spacial score (nSPS) is 31.6. The molecule has 2 saturated heterocycles. The summed E-state index contributed by atoms with van der Waals surface area (Å²) in [4.78, 5) is 30.3. The Labute approximate surface area is 153 Å². The number of ketones is 1. The molecule has 0 radical (unpaired) electrons. The molecule has 0 spiro atoms. The highest BCUT2D eigenvalue weighted by molar-refractivity contribution is 5.87. The zero-order valence-corrected chi connectivity index (χ0v) is 17.0. The number of fused-ring (bicyclic) bond motifs is 2. The molecule has 2 aliphatic heterocycles. The summed E-state index contributed by atoms with van der Waals surface area (Å²) < 4.78 is 0. The number of likely N-dealkylation sites (tertiary alicyclic amines) is 2. The third-order valence-corrected chi connectivity index (χ3v) is 6.69. The lowest BCUT2D eigenvalue weighted by molar-refractivity contribution is -0.142. The Hall–Kier alpha value is -0.900. The van der Waals surface area contributed by atoms with Crippen molar-refractivity contribution in [2.75, 3.05) is 19.6 Å². The first-order chi connectivity index (χ1) is 11.5. The lowest BCUT2D eigenvalue weighted by atomic mass is 9.77. The SMILES string of the molecule is CC(C)(C)C(=O)C1CC2CC1CN2C(=O)C1CCN(C(C)(C)C)CC1. The summed E-state index contributed by atoms with van der Waals surface area (Å²) in [5.74, 6) is 1.52. The summed E-state index contributed by atoms with van der Waals surface area (Å²) in [5.41, 5.74) is -0.0644. The van der Waals surface area contributed by atoms with Gasteiger partial charge in [-0.2, -0.15) is 0 Å². The van der Waals surface area contributed by atoms with Gasteiger partial charge in [-0.3, -0.25) is 14.5 Å². The van der Waals surface area contributed by atoms with Gasteiger partial charge in [0.1, 0.15) is 5.78 Å². The lowest BCUT2D eigenvalue weighted by Crippen LogP contribution is -2.50. The minimum absolute atomic E-state index is 0.178. The van der Waals surface area contributed by atoms with E-state index in [0.717, 1.165) is 45.3 Å². The molecule has 1 aliphatic carbocycles. The molecular weight excluding hydrogens is 312 g/mol. The van der Waals surface area contributed by atoms with Gasteiger partial charge in [0, 0.05) is 35.4 Å². The zero-order chi connectivity index (χ0) is 18.6. The van der Waals surface area contributed by atoms with Crippen LogP contribution in [-0.4, -0.2) is 52.7 Å². The van der Waals surface area contributed by atoms with Crippen molar-refractivity contribution in [3.8, 4) is 0 Å². The number of hydrogen-bond acceptors (Lipinski definition) is 3. The topological polar surface area (TPSA) is 40.6 Å². The van der Waals surface area contributed by atoms with Crippen molar-refractivity contribution in [2.45, 2.75) is 78.8 Å². The van der Waals surface area contributed by atoms with Crippen LogP contribution in [0.2, 0.25) is 0 Å². The first kappa shape index (κ1) is 18.9. The van der Waals surface area contributed by atoms with Crippen LogP contribution in [0.1, 0.15) is 67.2 Å². The predicted octanol–water partition coefficient (Wildman–Crippen LogP) is 3.35. The Bertz CT molecular complexity index is 535. The zero-order valence-electron chi connectivity index (χ0n) is 17.0. The molecule has 3 rings (SSSR count). The second-order valence-electron chi connectivity index (χ2n) is 10.5. The number of piperidine rings is 2. The van der Waals surface area contributed by atoms with Gasteiger partial charge in [0.25, 0.3) is 0 Å². The van der Waals surface area contributed by atoms with E-state index in [1.807, 2.05) is 20.8 Å². The molecule has 25 heavy (non-hydrogen) atoms. The average molecular weight is 349 g/mol. The Balaban J connectivity index is 1.56. The molecule has 142 valence electrons. The van der Waals surface area contributed by atoms with Gasteiger partial charge in [-0.15, -0.1) is 0 Å². The van der Waals surface area contributed by atoms with Crippen LogP contribution in [0.4, 0.5) is 0 Å². The van der Waals surface area contributed by atoms with E-state index in [-0.39, 0.29) is 22.8 Å². The summed E-state index contributed by atoms with van der Waals surface area (Å²) in [7, 11) is 0. The van der Waals surface area contributed by atoms with Crippen LogP contribution in [0.5, 0.6) is 0 Å². The summed E-state index contributed by atoms with van der Waals surface area (Å²) >= 11 is 0. The van der Waals surface area contributed by atoms with Crippen molar-refractivity contribution in [3.05, 3.63) is 0 Å². The van der Waals surface area contributed by atoms with Crippen molar-refractivity contribution in [1.82, 2.24) is 9.80 Å². The Morgan fingerprint density at radius 1 is 0.920 bits per heavy atom. The molecule has 2 bridgehead atoms. The van der Waals surface area contributed by atoms with Gasteiger partial charge in [-0.1, -0.05) is 20.8 Å². The minimum atomic E-state index is -0.260. The molecule has 4 heteroatoms. The van der Waals surface area contributed by atoms with Crippen molar-refractivity contribution < 1.29 is 9.59 Å². The average Bonchev–Trinajstić information content (AvgIpc) is 3.12. The molecule has 0 aromatic heterocycles. The van der Waals surface area contributed by atoms with Gasteiger partial charge in [0.2, 0.25) is 5.91 Å². The maximum atomic E-state index is 13.0. The number of rotatable bonds is 2. The van der Waals surface area contributed by atoms with E-state index in [0.29, 0.717) is 23.7 Å². The summed E-state index contributed by atoms with van der Waals surface area (Å²) in [6, 6.07) is 0.314. The molecular formula is C21H36N2O2. The maximum absolute atomic E-state index is 13.0. The largest absolute Gasteiger partial charge is 0.339 e. The number of Topliss-reactive ketones (excluding diaryl/α,β-unsaturated/α-hetero) is 1. The highest BCUT2D eigenvalue weighted by Crippen LogP contribution is 2.45. The molecule has 0 aromatic carbocycles. The second-order valence-corrected chi connectivity index (χ2v) is 10.5. The number of carbonyl (C=O) groups excluding carboxylic acids is 2. The molecule has 0 aromatic rings. The van der Waals surface area contributed by atoms with Gasteiger partial charge in [-0.05, 0) is 65.5 Å². The van der Waals surface area contributed by atoms with Crippen LogP contribution in [-0.2, 0) is 9.59 Å². The summed E-state index contributed by atoms with van der Waals surface area (Å²) in [5, 5.41) is 0. The maximum Gasteiger partial charge on any atom is 0.226 e. The van der Waals surface area contributed by atoms with Crippen molar-refractivity contribution in [3.63, 3.8) is 0 Å². The highest BCUT2D eigenvalue weighted by atomic mass is 16.2. The Kier molecular flexibility index (Phi) is 4.81. The predicted molar refractivity (Wildman–Crippen MR) is 100 cm³/mol. The number of hydrogen-bond donors (Lipinski definition) is 0. The number of amides is 1. The quantitative estimate of drug-likeness (QED) is 0.768. The van der Waals surface area contributed by atoms with Gasteiger partial charge < -0.3 is 4.90 Å². The van der Waals surface area contributed by atoms with E-state index in [1.54, 1.807) is 0 Å². The molecule has 4 nitrogen and oxygen atoms in total. The summed E-state index contributed by atoms with van der Waals surface area (Å²) in [6.45, 7) is 15.7. The standard InChI is InChI=1S/C21H36N2O2/c1-20(2,3)18(24)17-12-16-11-15(17)13-23(16)19(25)14-7-9-22(10-8-14)21(4,5)6/h14-17H,7-13H2,1-6H3. The van der Waals surface area contributed by atoms with Crippen LogP contribution in [0.25, 0.3) is 0 Å². The monoisotopic (exact) mass is 348 g/mol. The fraction of sp³-hybridized carbons (Fsp3) is 0.905. The van der Waals surface area contributed by atoms with Crippen LogP contribution in [0.15, 0.2) is 0 Å². The van der Waals surface area contributed by atoms with Gasteiger partial charge in [0.15, 0.2) is 0 Å². The molecule has 3 atom stereocenters. The smallest absolute Gasteiger partial charge is 0.226 e. The fourth-order valence-corrected chi connectivity index (χ4v) is 5.13. The molecule has 1 saturated carbocycles. The molecule has 1 amide bonds. The molecule has 0 N–H and O–H groups in total. The molecule has 2 heterocycles. The number of nitrogens with zero attached hydrogens (tertiary/aromatic N) is 2. The number of carbonyl (C=O) groups is 2. The summed E-state index contributed by atoms with van der Waals surface area (Å²) in [6.07, 6.45) is 3.90. The van der Waals surface area contributed by atoms with Gasteiger partial charge in [0.05, 0.1) is 0 Å². The second kappa shape index (κ2) is 6.37. The van der Waals surface area contributed by atoms with Crippen LogP contribution >= 0.6 is 0 Å². The molecule has 3 fully saturated rings. The third-order valence-electron chi connectivity index (χ3n) is 6.69. The minimum Gasteiger partial charge on any atom is -0.339 e.